The van der Waals surface area contributed by atoms with E-state index in [-0.39, 0.29) is 5.54 Å². The van der Waals surface area contributed by atoms with Crippen LogP contribution in [0, 0.1) is 0 Å². The highest BCUT2D eigenvalue weighted by Gasteiger charge is 2.14. The second-order valence-electron chi connectivity index (χ2n) is 5.31. The lowest BCUT2D eigenvalue weighted by molar-refractivity contribution is 0.199. The number of hydrogen-bond acceptors (Lipinski definition) is 6. The van der Waals surface area contributed by atoms with Crippen LogP contribution in [0.25, 0.3) is 0 Å². The quantitative estimate of drug-likeness (QED) is 0.794. The molecule has 0 aliphatic heterocycles. The third-order valence-electron chi connectivity index (χ3n) is 2.09. The minimum Gasteiger partial charge on any atom is -0.407 e. The summed E-state index contributed by atoms with van der Waals surface area (Å²) in [4.78, 5) is 1.73. The lowest BCUT2D eigenvalue weighted by atomic mass is 10.1. The van der Waals surface area contributed by atoms with Crippen molar-refractivity contribution in [3.8, 4) is 0 Å². The Kier molecular flexibility index (Phi) is 4.47. The molecule has 0 bridgehead atoms. The van der Waals surface area contributed by atoms with Gasteiger partial charge < -0.3 is 19.7 Å². The topological polar surface area (TPSA) is 74.4 Å². The third-order valence-corrected chi connectivity index (χ3v) is 2.09. The van der Waals surface area contributed by atoms with Gasteiger partial charge in [-0.2, -0.15) is 0 Å². The molecule has 1 rings (SSSR count). The molecule has 2 N–H and O–H groups in total. The van der Waals surface area contributed by atoms with Crippen LogP contribution in [-0.2, 0) is 6.54 Å². The Bertz CT molecular complexity index is 343. The van der Waals surface area contributed by atoms with E-state index in [1.165, 1.54) is 0 Å². The average Bonchev–Trinajstić information content (AvgIpc) is 2.60. The monoisotopic (exact) mass is 242 g/mol. The molecule has 1 atom stereocenters. The van der Waals surface area contributed by atoms with Crippen molar-refractivity contribution < 1.29 is 9.52 Å². The lowest BCUT2D eigenvalue weighted by Gasteiger charge is -2.19. The molecular formula is C11H22N4O2. The molecule has 0 aliphatic rings. The summed E-state index contributed by atoms with van der Waals surface area (Å²) in [6.45, 7) is 8.94. The number of nitrogens with zero attached hydrogens (tertiary/aromatic N) is 3. The Hall–Kier alpha value is -1.14. The molecule has 0 spiro atoms. The van der Waals surface area contributed by atoms with Crippen LogP contribution < -0.4 is 10.2 Å². The Morgan fingerprint density at radius 3 is 2.59 bits per heavy atom. The molecule has 98 valence electrons. The Morgan fingerprint density at radius 1 is 1.41 bits per heavy atom. The van der Waals surface area contributed by atoms with E-state index < -0.39 is 6.10 Å². The van der Waals surface area contributed by atoms with Crippen LogP contribution in [0.2, 0.25) is 0 Å². The number of aromatic nitrogens is 2. The molecule has 1 aromatic heterocycles. The Balaban J connectivity index is 2.53. The molecule has 0 amide bonds. The maximum absolute atomic E-state index is 9.26. The molecule has 0 fully saturated rings. The molecule has 17 heavy (non-hydrogen) atoms. The van der Waals surface area contributed by atoms with E-state index >= 15 is 0 Å². The maximum Gasteiger partial charge on any atom is 0.318 e. The molecule has 1 unspecified atom stereocenters. The van der Waals surface area contributed by atoms with Crippen molar-refractivity contribution in [2.45, 2.75) is 45.9 Å². The molecule has 0 saturated heterocycles. The highest BCUT2D eigenvalue weighted by atomic mass is 16.4. The standard InChI is InChI=1S/C11H22N4O2/c1-8(16)7-15(5)10-14-13-9(17-10)6-12-11(2,3)4/h8,12,16H,6-7H2,1-5H3. The lowest BCUT2D eigenvalue weighted by Crippen LogP contribution is -2.35. The minimum absolute atomic E-state index is 0.0140. The van der Waals surface area contributed by atoms with Crippen molar-refractivity contribution in [2.75, 3.05) is 18.5 Å². The predicted molar refractivity (Wildman–Crippen MR) is 65.8 cm³/mol. The van der Waals surface area contributed by atoms with Crippen molar-refractivity contribution in [2.24, 2.45) is 0 Å². The van der Waals surface area contributed by atoms with Gasteiger partial charge in [0, 0.05) is 19.1 Å². The van der Waals surface area contributed by atoms with Crippen LogP contribution in [0.5, 0.6) is 0 Å². The molecule has 0 aromatic carbocycles. The second-order valence-corrected chi connectivity index (χ2v) is 5.31. The normalized spacial score (nSPS) is 13.8. The van der Waals surface area contributed by atoms with Crippen molar-refractivity contribution in [3.05, 3.63) is 5.89 Å². The van der Waals surface area contributed by atoms with Crippen molar-refractivity contribution in [1.29, 1.82) is 0 Å². The number of nitrogens with one attached hydrogen (secondary N) is 1. The summed E-state index contributed by atoms with van der Waals surface area (Å²) in [5, 5.41) is 20.4. The van der Waals surface area contributed by atoms with Crippen LogP contribution in [0.15, 0.2) is 4.42 Å². The largest absolute Gasteiger partial charge is 0.407 e. The van der Waals surface area contributed by atoms with Gasteiger partial charge in [0.15, 0.2) is 0 Å². The molecule has 1 aromatic rings. The summed E-state index contributed by atoms with van der Waals surface area (Å²) in [6.07, 6.45) is -0.428. The van der Waals surface area contributed by atoms with Gasteiger partial charge in [-0.25, -0.2) is 0 Å². The highest BCUT2D eigenvalue weighted by Crippen LogP contribution is 2.11. The number of aliphatic hydroxyl groups excluding tert-OH is 1. The number of anilines is 1. The van der Waals surface area contributed by atoms with Gasteiger partial charge in [0.2, 0.25) is 5.89 Å². The molecular weight excluding hydrogens is 220 g/mol. The molecule has 0 saturated carbocycles. The van der Waals surface area contributed by atoms with Gasteiger partial charge in [0.1, 0.15) is 0 Å². The number of hydrogen-bond donors (Lipinski definition) is 2. The van der Waals surface area contributed by atoms with E-state index in [0.717, 1.165) is 0 Å². The summed E-state index contributed by atoms with van der Waals surface area (Å²) in [6, 6.07) is 0.427. The third kappa shape index (κ3) is 5.14. The molecule has 0 aliphatic carbocycles. The summed E-state index contributed by atoms with van der Waals surface area (Å²) in [5.74, 6) is 0.548. The molecule has 6 heteroatoms. The van der Waals surface area contributed by atoms with Crippen molar-refractivity contribution in [3.63, 3.8) is 0 Å². The summed E-state index contributed by atoms with van der Waals surface area (Å²) in [5.41, 5.74) is 0.0140. The van der Waals surface area contributed by atoms with Crippen molar-refractivity contribution in [1.82, 2.24) is 15.5 Å². The average molecular weight is 242 g/mol. The fraction of sp³-hybridized carbons (Fsp3) is 0.818. The smallest absolute Gasteiger partial charge is 0.318 e. The second kappa shape index (κ2) is 5.46. The van der Waals surface area contributed by atoms with Gasteiger partial charge >= 0.3 is 6.01 Å². The molecule has 6 nitrogen and oxygen atoms in total. The van der Waals surface area contributed by atoms with E-state index in [4.69, 9.17) is 4.42 Å². The van der Waals surface area contributed by atoms with E-state index in [2.05, 4.69) is 36.3 Å². The SMILES string of the molecule is CC(O)CN(C)c1nnc(CNC(C)(C)C)o1. The van der Waals surface area contributed by atoms with Gasteiger partial charge in [0.05, 0.1) is 12.6 Å². The first-order valence-corrected chi connectivity index (χ1v) is 5.74. The van der Waals surface area contributed by atoms with Crippen LogP contribution >= 0.6 is 0 Å². The van der Waals surface area contributed by atoms with Gasteiger partial charge in [-0.15, -0.1) is 5.10 Å². The van der Waals surface area contributed by atoms with E-state index in [1.807, 2.05) is 0 Å². The zero-order valence-corrected chi connectivity index (χ0v) is 11.2. The fourth-order valence-electron chi connectivity index (χ4n) is 1.29. The zero-order chi connectivity index (χ0) is 13.1. The number of aliphatic hydroxyl groups is 1. The van der Waals surface area contributed by atoms with Crippen LogP contribution in [0.4, 0.5) is 6.01 Å². The Morgan fingerprint density at radius 2 is 2.06 bits per heavy atom. The van der Waals surface area contributed by atoms with E-state index in [1.54, 1.807) is 18.9 Å². The zero-order valence-electron chi connectivity index (χ0n) is 11.2. The number of likely N-dealkylation sites (N-methyl/N-ethyl adjacent to an activating group) is 1. The van der Waals surface area contributed by atoms with Crippen LogP contribution in [0.3, 0.4) is 0 Å². The first kappa shape index (κ1) is 13.9. The van der Waals surface area contributed by atoms with Gasteiger partial charge in [-0.05, 0) is 27.7 Å². The predicted octanol–water partition coefficient (Wildman–Crippen LogP) is 0.775. The van der Waals surface area contributed by atoms with Crippen molar-refractivity contribution >= 4 is 6.01 Å². The summed E-state index contributed by atoms with van der Waals surface area (Å²) < 4.78 is 5.47. The van der Waals surface area contributed by atoms with Gasteiger partial charge in [0.25, 0.3) is 0 Å². The first-order chi connectivity index (χ1) is 7.78. The molecule has 0 radical (unpaired) electrons. The van der Waals surface area contributed by atoms with Crippen LogP contribution in [-0.4, -0.2) is 40.5 Å². The number of rotatable bonds is 5. The maximum atomic E-state index is 9.26. The summed E-state index contributed by atoms with van der Waals surface area (Å²) in [7, 11) is 1.81. The molecule has 1 heterocycles. The first-order valence-electron chi connectivity index (χ1n) is 5.74. The van der Waals surface area contributed by atoms with Gasteiger partial charge in [-0.1, -0.05) is 5.10 Å². The fourth-order valence-corrected chi connectivity index (χ4v) is 1.29. The summed E-state index contributed by atoms with van der Waals surface area (Å²) >= 11 is 0. The van der Waals surface area contributed by atoms with Gasteiger partial charge in [-0.3, -0.25) is 0 Å². The Labute approximate surface area is 102 Å². The van der Waals surface area contributed by atoms with Crippen LogP contribution in [0.1, 0.15) is 33.6 Å². The van der Waals surface area contributed by atoms with E-state index in [0.29, 0.717) is 25.0 Å². The minimum atomic E-state index is -0.428. The highest BCUT2D eigenvalue weighted by molar-refractivity contribution is 5.21. The van der Waals surface area contributed by atoms with E-state index in [9.17, 15) is 5.11 Å².